The predicted octanol–water partition coefficient (Wildman–Crippen LogP) is 1.68. The molecule has 1 aromatic carbocycles. The Labute approximate surface area is 155 Å². The van der Waals surface area contributed by atoms with Crippen molar-refractivity contribution in [2.45, 2.75) is 6.36 Å². The molecule has 0 amide bonds. The van der Waals surface area contributed by atoms with Crippen LogP contribution in [0.3, 0.4) is 0 Å². The van der Waals surface area contributed by atoms with Gasteiger partial charge in [-0.2, -0.15) is 0 Å². The lowest BCUT2D eigenvalue weighted by Crippen LogP contribution is -2.39. The summed E-state index contributed by atoms with van der Waals surface area (Å²) < 4.78 is 55.3. The first-order valence-corrected chi connectivity index (χ1v) is 7.47. The molecule has 0 aromatic heterocycles. The summed E-state index contributed by atoms with van der Waals surface area (Å²) in [7, 11) is 2.10. The molecule has 1 N–H and O–H groups in total. The molecule has 0 fully saturated rings. The second kappa shape index (κ2) is 8.17. The van der Waals surface area contributed by atoms with Gasteiger partial charge in [-0.3, -0.25) is 0 Å². The average molecular weight is 405 g/mol. The maximum absolute atomic E-state index is 12.4. The number of aromatic carboxylic acids is 1. The number of hydrogen-bond acceptors (Lipinski definition) is 8. The molecule has 0 saturated heterocycles. The molecular weight excluding hydrogens is 391 g/mol. The number of rotatable bonds is 5. The number of carbonyl (C=O) groups is 3. The van der Waals surface area contributed by atoms with Gasteiger partial charge in [-0.05, 0) is 18.2 Å². The van der Waals surface area contributed by atoms with Crippen LogP contribution in [0.1, 0.15) is 10.4 Å². The number of carboxylic acid groups (broad SMARTS) is 1. The summed E-state index contributed by atoms with van der Waals surface area (Å²) in [4.78, 5) is 36.7. The SMILES string of the molecule is COC(=O)C1=C(C(=O)OC)N(c2ccc(OC(F)(F)F)cc2C(=O)O)COC1. The number of carbonyl (C=O) groups excluding carboxylic acids is 2. The first kappa shape index (κ1) is 21.0. The Hall–Kier alpha value is -3.28. The van der Waals surface area contributed by atoms with Crippen molar-refractivity contribution >= 4 is 23.6 Å². The zero-order valence-electron chi connectivity index (χ0n) is 14.5. The highest BCUT2D eigenvalue weighted by atomic mass is 19.4. The van der Waals surface area contributed by atoms with E-state index in [2.05, 4.69) is 14.2 Å². The van der Waals surface area contributed by atoms with E-state index in [1.165, 1.54) is 0 Å². The highest BCUT2D eigenvalue weighted by molar-refractivity contribution is 6.05. The van der Waals surface area contributed by atoms with Crippen LogP contribution in [-0.4, -0.2) is 56.9 Å². The molecule has 0 saturated carbocycles. The highest BCUT2D eigenvalue weighted by Crippen LogP contribution is 2.33. The van der Waals surface area contributed by atoms with Gasteiger partial charge in [0.1, 0.15) is 18.2 Å². The summed E-state index contributed by atoms with van der Waals surface area (Å²) in [5, 5.41) is 9.39. The van der Waals surface area contributed by atoms with E-state index in [-0.39, 0.29) is 30.3 Å². The van der Waals surface area contributed by atoms with Crippen molar-refractivity contribution in [3.05, 3.63) is 35.0 Å². The summed E-state index contributed by atoms with van der Waals surface area (Å²) in [6.45, 7) is -0.685. The Morgan fingerprint density at radius 3 is 2.32 bits per heavy atom. The first-order chi connectivity index (χ1) is 13.1. The average Bonchev–Trinajstić information content (AvgIpc) is 2.64. The largest absolute Gasteiger partial charge is 0.573 e. The summed E-state index contributed by atoms with van der Waals surface area (Å²) in [5.74, 6) is -4.28. The van der Waals surface area contributed by atoms with Gasteiger partial charge in [0, 0.05) is 0 Å². The number of anilines is 1. The van der Waals surface area contributed by atoms with Gasteiger partial charge in [0.25, 0.3) is 0 Å². The zero-order valence-corrected chi connectivity index (χ0v) is 14.5. The Kier molecular flexibility index (Phi) is 6.13. The second-order valence-corrected chi connectivity index (χ2v) is 5.25. The number of ether oxygens (including phenoxy) is 4. The van der Waals surface area contributed by atoms with Gasteiger partial charge in [-0.15, -0.1) is 13.2 Å². The van der Waals surface area contributed by atoms with Gasteiger partial charge in [-0.25, -0.2) is 14.4 Å². The van der Waals surface area contributed by atoms with Crippen molar-refractivity contribution in [3.8, 4) is 5.75 Å². The van der Waals surface area contributed by atoms with Crippen LogP contribution in [0.15, 0.2) is 29.5 Å². The molecule has 1 aromatic rings. The standard InChI is InChI=1S/C16H14F3NO8/c1-25-14(23)10-6-27-7-20(12(10)15(24)26-2)11-4-3-8(28-16(17,18)19)5-9(11)13(21)22/h3-5H,6-7H2,1-2H3,(H,21,22). The van der Waals surface area contributed by atoms with Crippen molar-refractivity contribution in [1.29, 1.82) is 0 Å². The van der Waals surface area contributed by atoms with Crippen LogP contribution in [-0.2, 0) is 23.8 Å². The molecule has 152 valence electrons. The first-order valence-electron chi connectivity index (χ1n) is 7.47. The maximum atomic E-state index is 12.4. The van der Waals surface area contributed by atoms with Crippen LogP contribution in [0.2, 0.25) is 0 Å². The number of halogens is 3. The molecule has 0 atom stereocenters. The molecule has 0 aliphatic carbocycles. The van der Waals surface area contributed by atoms with E-state index in [1.807, 2.05) is 0 Å². The number of methoxy groups -OCH3 is 2. The lowest BCUT2D eigenvalue weighted by molar-refractivity contribution is -0.274. The molecule has 0 spiro atoms. The quantitative estimate of drug-likeness (QED) is 0.731. The Morgan fingerprint density at radius 2 is 1.79 bits per heavy atom. The molecule has 1 aliphatic heterocycles. The van der Waals surface area contributed by atoms with Crippen LogP contribution >= 0.6 is 0 Å². The third kappa shape index (κ3) is 4.52. The Balaban J connectivity index is 2.61. The van der Waals surface area contributed by atoms with Crippen molar-refractivity contribution in [3.63, 3.8) is 0 Å². The predicted molar refractivity (Wildman–Crippen MR) is 84.4 cm³/mol. The normalized spacial score (nSPS) is 14.5. The van der Waals surface area contributed by atoms with E-state index in [0.29, 0.717) is 6.07 Å². The molecule has 9 nitrogen and oxygen atoms in total. The van der Waals surface area contributed by atoms with Gasteiger partial charge >= 0.3 is 24.3 Å². The molecule has 1 heterocycles. The van der Waals surface area contributed by atoms with E-state index in [4.69, 9.17) is 4.74 Å². The monoisotopic (exact) mass is 405 g/mol. The van der Waals surface area contributed by atoms with Gasteiger partial charge in [0.2, 0.25) is 0 Å². The number of benzene rings is 1. The Bertz CT molecular complexity index is 834. The lowest BCUT2D eigenvalue weighted by Gasteiger charge is -2.32. The summed E-state index contributed by atoms with van der Waals surface area (Å²) >= 11 is 0. The van der Waals surface area contributed by atoms with E-state index in [0.717, 1.165) is 31.3 Å². The molecule has 28 heavy (non-hydrogen) atoms. The highest BCUT2D eigenvalue weighted by Gasteiger charge is 2.35. The van der Waals surface area contributed by atoms with Crippen LogP contribution in [0.5, 0.6) is 5.75 Å². The maximum Gasteiger partial charge on any atom is 0.573 e. The van der Waals surface area contributed by atoms with Crippen molar-refractivity contribution in [2.24, 2.45) is 0 Å². The molecule has 1 aliphatic rings. The number of esters is 2. The van der Waals surface area contributed by atoms with E-state index in [9.17, 15) is 32.7 Å². The summed E-state index contributed by atoms with van der Waals surface area (Å²) in [6.07, 6.45) is -5.03. The van der Waals surface area contributed by atoms with Crippen molar-refractivity contribution < 1.29 is 51.6 Å². The number of carboxylic acids is 1. The smallest absolute Gasteiger partial charge is 0.478 e. The van der Waals surface area contributed by atoms with Gasteiger partial charge in [-0.1, -0.05) is 0 Å². The lowest BCUT2D eigenvalue weighted by atomic mass is 10.1. The minimum absolute atomic E-state index is 0.219. The molecule has 0 bridgehead atoms. The second-order valence-electron chi connectivity index (χ2n) is 5.25. The van der Waals surface area contributed by atoms with Crippen LogP contribution in [0.25, 0.3) is 0 Å². The van der Waals surface area contributed by atoms with Crippen molar-refractivity contribution in [2.75, 3.05) is 32.5 Å². The van der Waals surface area contributed by atoms with Crippen LogP contribution < -0.4 is 9.64 Å². The molecule has 2 rings (SSSR count). The topological polar surface area (TPSA) is 112 Å². The van der Waals surface area contributed by atoms with E-state index >= 15 is 0 Å². The third-order valence-corrected chi connectivity index (χ3v) is 3.56. The number of hydrogen-bond donors (Lipinski definition) is 1. The minimum Gasteiger partial charge on any atom is -0.478 e. The van der Waals surface area contributed by atoms with E-state index in [1.54, 1.807) is 0 Å². The fourth-order valence-corrected chi connectivity index (χ4v) is 2.45. The van der Waals surface area contributed by atoms with Crippen molar-refractivity contribution in [1.82, 2.24) is 0 Å². The third-order valence-electron chi connectivity index (χ3n) is 3.56. The number of alkyl halides is 3. The molecule has 0 radical (unpaired) electrons. The number of nitrogens with zero attached hydrogens (tertiary/aromatic N) is 1. The minimum atomic E-state index is -5.03. The van der Waals surface area contributed by atoms with Crippen LogP contribution in [0.4, 0.5) is 18.9 Å². The fourth-order valence-electron chi connectivity index (χ4n) is 2.45. The molecule has 12 heteroatoms. The summed E-state index contributed by atoms with van der Waals surface area (Å²) in [5.41, 5.74) is -1.44. The van der Waals surface area contributed by atoms with Gasteiger partial charge in [0.15, 0.2) is 0 Å². The van der Waals surface area contributed by atoms with Crippen LogP contribution in [0, 0.1) is 0 Å². The van der Waals surface area contributed by atoms with E-state index < -0.39 is 35.6 Å². The Morgan fingerprint density at radius 1 is 1.14 bits per heavy atom. The fraction of sp³-hybridized carbons (Fsp3) is 0.312. The van der Waals surface area contributed by atoms with Gasteiger partial charge < -0.3 is 29.0 Å². The van der Waals surface area contributed by atoms with Gasteiger partial charge in [0.05, 0.1) is 37.7 Å². The molecular formula is C16H14F3NO8. The molecule has 0 unspecified atom stereocenters. The zero-order chi connectivity index (χ0) is 21.1. The summed E-state index contributed by atoms with van der Waals surface area (Å²) in [6, 6.07) is 2.47.